The lowest BCUT2D eigenvalue weighted by Gasteiger charge is -2.29. The van der Waals surface area contributed by atoms with E-state index in [1.807, 2.05) is 37.3 Å². The number of benzene rings is 3. The predicted octanol–water partition coefficient (Wildman–Crippen LogP) is 5.73. The van der Waals surface area contributed by atoms with Gasteiger partial charge in [0.2, 0.25) is 0 Å². The maximum atomic E-state index is 13.7. The molecule has 8 nitrogen and oxygen atoms in total. The number of halogens is 1. The van der Waals surface area contributed by atoms with Crippen LogP contribution in [0.2, 0.25) is 5.02 Å². The molecule has 0 aliphatic rings. The highest BCUT2D eigenvalue weighted by atomic mass is 35.5. The highest BCUT2D eigenvalue weighted by Gasteiger charge is 2.28. The van der Waals surface area contributed by atoms with Crippen molar-refractivity contribution in [3.8, 4) is 5.69 Å². The minimum absolute atomic E-state index is 0.0493. The fourth-order valence-electron chi connectivity index (χ4n) is 4.26. The number of nitro groups is 1. The van der Waals surface area contributed by atoms with E-state index in [1.165, 1.54) is 17.0 Å². The van der Waals surface area contributed by atoms with Gasteiger partial charge in [-0.15, -0.1) is 0 Å². The van der Waals surface area contributed by atoms with E-state index in [9.17, 15) is 19.7 Å². The number of hydrogen-bond acceptors (Lipinski definition) is 5. The molecule has 0 aliphatic heterocycles. The van der Waals surface area contributed by atoms with Crippen molar-refractivity contribution in [2.45, 2.75) is 32.7 Å². The average Bonchev–Trinajstić information content (AvgIpc) is 2.89. The topological polar surface area (TPSA) is 98.3 Å². The Kier molecular flexibility index (Phi) is 7.17. The highest BCUT2D eigenvalue weighted by molar-refractivity contribution is 6.32. The largest absolute Gasteiger partial charge is 0.332 e. The molecule has 0 fully saturated rings. The van der Waals surface area contributed by atoms with E-state index in [1.54, 1.807) is 29.8 Å². The van der Waals surface area contributed by atoms with Crippen molar-refractivity contribution in [1.82, 2.24) is 14.5 Å². The molecule has 0 spiro atoms. The van der Waals surface area contributed by atoms with Crippen molar-refractivity contribution >= 4 is 34.1 Å². The molecular formula is C27H25ClN4O4. The number of nitrogens with zero attached hydrogens (tertiary/aromatic N) is 4. The minimum atomic E-state index is -0.626. The fraction of sp³-hybridized carbons (Fsp3) is 0.222. The molecule has 0 N–H and O–H groups in total. The lowest BCUT2D eigenvalue weighted by molar-refractivity contribution is -0.384. The molecule has 1 amide bonds. The molecule has 3 aromatic carbocycles. The number of fused-ring (bicyclic) bond motifs is 1. The maximum Gasteiger partial charge on any atom is 0.288 e. The second kappa shape index (κ2) is 10.3. The van der Waals surface area contributed by atoms with Crippen LogP contribution in [0.4, 0.5) is 5.69 Å². The molecule has 0 aliphatic carbocycles. The SMILES string of the molecule is CCc1ccc(-n2c(C(CC)N(C)C(=O)c3ccc(Cl)c([N+](=O)[O-])c3)nc3ccccc3c2=O)cc1. The van der Waals surface area contributed by atoms with Crippen LogP contribution in [0.15, 0.2) is 71.5 Å². The van der Waals surface area contributed by atoms with Crippen molar-refractivity contribution in [2.24, 2.45) is 0 Å². The molecule has 4 aromatic rings. The molecule has 1 atom stereocenters. The number of amides is 1. The summed E-state index contributed by atoms with van der Waals surface area (Å²) in [7, 11) is 1.60. The standard InChI is InChI=1S/C27H25ClN4O4/c1-4-17-10-13-19(14-11-17)31-25(29-22-9-7-6-8-20(22)27(31)34)23(5-2)30(3)26(33)18-12-15-21(28)24(16-18)32(35)36/h6-16,23H,4-5H2,1-3H3. The van der Waals surface area contributed by atoms with E-state index < -0.39 is 16.9 Å². The molecule has 1 heterocycles. The van der Waals surface area contributed by atoms with Crippen molar-refractivity contribution < 1.29 is 9.72 Å². The van der Waals surface area contributed by atoms with Crippen LogP contribution in [0.25, 0.3) is 16.6 Å². The lowest BCUT2D eigenvalue weighted by Crippen LogP contribution is -2.36. The number of carbonyl (C=O) groups excluding carboxylic acids is 1. The van der Waals surface area contributed by atoms with Crippen LogP contribution in [-0.2, 0) is 6.42 Å². The summed E-state index contributed by atoms with van der Waals surface area (Å²) in [5.41, 5.74) is 1.84. The molecule has 184 valence electrons. The van der Waals surface area contributed by atoms with E-state index in [-0.39, 0.29) is 21.8 Å². The van der Waals surface area contributed by atoms with Gasteiger partial charge in [-0.1, -0.05) is 49.7 Å². The monoisotopic (exact) mass is 504 g/mol. The lowest BCUT2D eigenvalue weighted by atomic mass is 10.1. The Bertz CT molecular complexity index is 1510. The Morgan fingerprint density at radius 3 is 2.44 bits per heavy atom. The molecule has 9 heteroatoms. The van der Waals surface area contributed by atoms with Gasteiger partial charge >= 0.3 is 0 Å². The Labute approximate surface area is 212 Å². The Morgan fingerprint density at radius 2 is 1.81 bits per heavy atom. The van der Waals surface area contributed by atoms with Crippen LogP contribution < -0.4 is 5.56 Å². The second-order valence-corrected chi connectivity index (χ2v) is 8.82. The van der Waals surface area contributed by atoms with E-state index in [2.05, 4.69) is 6.92 Å². The molecule has 1 unspecified atom stereocenters. The summed E-state index contributed by atoms with van der Waals surface area (Å²) in [6.45, 7) is 3.95. The minimum Gasteiger partial charge on any atom is -0.332 e. The zero-order chi connectivity index (χ0) is 26.0. The van der Waals surface area contributed by atoms with Gasteiger partial charge in [-0.2, -0.15) is 0 Å². The molecule has 1 aromatic heterocycles. The van der Waals surface area contributed by atoms with Gasteiger partial charge in [-0.25, -0.2) is 4.98 Å². The number of aromatic nitrogens is 2. The van der Waals surface area contributed by atoms with E-state index >= 15 is 0 Å². The molecule has 0 saturated heterocycles. The third-order valence-electron chi connectivity index (χ3n) is 6.27. The van der Waals surface area contributed by atoms with Crippen molar-refractivity contribution in [2.75, 3.05) is 7.05 Å². The average molecular weight is 505 g/mol. The van der Waals surface area contributed by atoms with Crippen LogP contribution in [0.5, 0.6) is 0 Å². The number of nitro benzene ring substituents is 1. The van der Waals surface area contributed by atoms with Crippen molar-refractivity contribution in [3.05, 3.63) is 109 Å². The van der Waals surface area contributed by atoms with E-state index in [4.69, 9.17) is 16.6 Å². The molecule has 0 radical (unpaired) electrons. The van der Waals surface area contributed by atoms with Crippen LogP contribution in [-0.4, -0.2) is 32.3 Å². The van der Waals surface area contributed by atoms with Crippen LogP contribution in [0, 0.1) is 10.1 Å². The van der Waals surface area contributed by atoms with Gasteiger partial charge in [-0.05, 0) is 54.8 Å². The molecule has 36 heavy (non-hydrogen) atoms. The summed E-state index contributed by atoms with van der Waals surface area (Å²) in [5.74, 6) is -0.0401. The van der Waals surface area contributed by atoms with Gasteiger partial charge in [0.15, 0.2) is 0 Å². The van der Waals surface area contributed by atoms with Crippen LogP contribution >= 0.6 is 11.6 Å². The maximum absolute atomic E-state index is 13.7. The first-order chi connectivity index (χ1) is 17.3. The number of aryl methyl sites for hydroxylation is 1. The van der Waals surface area contributed by atoms with Gasteiger partial charge < -0.3 is 4.90 Å². The zero-order valence-electron chi connectivity index (χ0n) is 20.1. The van der Waals surface area contributed by atoms with Crippen molar-refractivity contribution in [1.29, 1.82) is 0 Å². The summed E-state index contributed by atoms with van der Waals surface area (Å²) in [6, 6.07) is 18.1. The highest BCUT2D eigenvalue weighted by Crippen LogP contribution is 2.29. The first-order valence-electron chi connectivity index (χ1n) is 11.6. The first kappa shape index (κ1) is 25.1. The molecular weight excluding hydrogens is 480 g/mol. The Morgan fingerprint density at radius 1 is 1.11 bits per heavy atom. The smallest absolute Gasteiger partial charge is 0.288 e. The number of para-hydroxylation sites is 1. The summed E-state index contributed by atoms with van der Waals surface area (Å²) in [5, 5.41) is 11.8. The predicted molar refractivity (Wildman–Crippen MR) is 140 cm³/mol. The third kappa shape index (κ3) is 4.59. The van der Waals surface area contributed by atoms with Crippen LogP contribution in [0.1, 0.15) is 48.1 Å². The Hall–Kier alpha value is -4.04. The second-order valence-electron chi connectivity index (χ2n) is 8.41. The van der Waals surface area contributed by atoms with Gasteiger partial charge in [0.05, 0.1) is 27.6 Å². The summed E-state index contributed by atoms with van der Waals surface area (Å²) in [4.78, 5) is 44.1. The van der Waals surface area contributed by atoms with Gasteiger partial charge in [0.25, 0.3) is 17.2 Å². The summed E-state index contributed by atoms with van der Waals surface area (Å²) >= 11 is 5.93. The van der Waals surface area contributed by atoms with Crippen LogP contribution in [0.3, 0.4) is 0 Å². The van der Waals surface area contributed by atoms with E-state index in [0.717, 1.165) is 18.1 Å². The quantitative estimate of drug-likeness (QED) is 0.236. The number of carbonyl (C=O) groups is 1. The van der Waals surface area contributed by atoms with Gasteiger partial charge in [-0.3, -0.25) is 24.3 Å². The molecule has 4 rings (SSSR count). The third-order valence-corrected chi connectivity index (χ3v) is 6.59. The fourth-order valence-corrected chi connectivity index (χ4v) is 4.45. The van der Waals surface area contributed by atoms with E-state index in [0.29, 0.717) is 28.8 Å². The molecule has 0 bridgehead atoms. The summed E-state index contributed by atoms with van der Waals surface area (Å²) < 4.78 is 1.55. The first-order valence-corrected chi connectivity index (χ1v) is 12.0. The zero-order valence-corrected chi connectivity index (χ0v) is 20.9. The number of rotatable bonds is 7. The normalized spacial score (nSPS) is 11.9. The summed E-state index contributed by atoms with van der Waals surface area (Å²) in [6.07, 6.45) is 1.32. The van der Waals surface area contributed by atoms with Gasteiger partial charge in [0, 0.05) is 18.7 Å². The molecule has 0 saturated carbocycles. The Balaban J connectivity index is 1.87. The van der Waals surface area contributed by atoms with Crippen molar-refractivity contribution in [3.63, 3.8) is 0 Å². The number of hydrogen-bond donors (Lipinski definition) is 0. The van der Waals surface area contributed by atoms with Gasteiger partial charge in [0.1, 0.15) is 10.8 Å².